The number of nitrogens with two attached hydrogens (primary N) is 1. The van der Waals surface area contributed by atoms with Crippen molar-refractivity contribution in [1.82, 2.24) is 4.37 Å². The van der Waals surface area contributed by atoms with Crippen LogP contribution in [0.4, 0.5) is 5.82 Å². The van der Waals surface area contributed by atoms with Crippen LogP contribution in [0.3, 0.4) is 0 Å². The van der Waals surface area contributed by atoms with Gasteiger partial charge in [0, 0.05) is 0 Å². The van der Waals surface area contributed by atoms with Gasteiger partial charge in [-0.05, 0) is 24.7 Å². The predicted octanol–water partition coefficient (Wildman–Crippen LogP) is 1.85. The summed E-state index contributed by atoms with van der Waals surface area (Å²) in [5.74, 6) is 1.24. The molecule has 62 valence electrons. The molecule has 0 radical (unpaired) electrons. The lowest BCUT2D eigenvalue weighted by Crippen LogP contribution is -1.95. The number of rotatable bonds is 3. The molecule has 0 aliphatic carbocycles. The Hall–Kier alpha value is -0.420. The van der Waals surface area contributed by atoms with Crippen LogP contribution in [0, 0.1) is 0 Å². The minimum atomic E-state index is 0.501. The van der Waals surface area contributed by atoms with Gasteiger partial charge < -0.3 is 10.5 Å². The molecule has 0 unspecified atom stereocenters. The van der Waals surface area contributed by atoms with Crippen LogP contribution in [0.2, 0.25) is 0 Å². The van der Waals surface area contributed by atoms with E-state index in [-0.39, 0.29) is 0 Å². The summed E-state index contributed by atoms with van der Waals surface area (Å²) >= 11 is 2.99. The average Bonchev–Trinajstić information content (AvgIpc) is 2.34. The monoisotopic (exact) mass is 190 g/mol. The Morgan fingerprint density at radius 3 is 3.00 bits per heavy atom. The highest BCUT2D eigenvalue weighted by Crippen LogP contribution is 2.36. The van der Waals surface area contributed by atoms with E-state index in [4.69, 9.17) is 10.5 Å². The molecular formula is C6H10N2OS2. The minimum absolute atomic E-state index is 0.501. The number of thioether (sulfide) groups is 1. The van der Waals surface area contributed by atoms with Crippen LogP contribution < -0.4 is 10.5 Å². The molecule has 0 atom stereocenters. The molecule has 0 aliphatic heterocycles. The summed E-state index contributed by atoms with van der Waals surface area (Å²) in [5, 5.41) is 0. The van der Waals surface area contributed by atoms with Crippen molar-refractivity contribution < 1.29 is 4.74 Å². The largest absolute Gasteiger partial charge is 0.488 e. The van der Waals surface area contributed by atoms with Crippen molar-refractivity contribution in [3.63, 3.8) is 0 Å². The van der Waals surface area contributed by atoms with Crippen molar-refractivity contribution in [1.29, 1.82) is 0 Å². The first-order chi connectivity index (χ1) is 5.29. The van der Waals surface area contributed by atoms with Crippen molar-refractivity contribution in [2.24, 2.45) is 0 Å². The quantitative estimate of drug-likeness (QED) is 0.739. The molecule has 2 N–H and O–H groups in total. The van der Waals surface area contributed by atoms with Crippen LogP contribution in [0.5, 0.6) is 5.75 Å². The molecule has 3 nitrogen and oxygen atoms in total. The second-order valence-electron chi connectivity index (χ2n) is 1.82. The van der Waals surface area contributed by atoms with E-state index in [1.807, 2.05) is 13.2 Å². The van der Waals surface area contributed by atoms with Gasteiger partial charge in [0.2, 0.25) is 0 Å². The zero-order valence-electron chi connectivity index (χ0n) is 6.46. The van der Waals surface area contributed by atoms with Gasteiger partial charge in [-0.3, -0.25) is 0 Å². The Morgan fingerprint density at radius 1 is 1.73 bits per heavy atom. The minimum Gasteiger partial charge on any atom is -0.488 e. The van der Waals surface area contributed by atoms with E-state index in [9.17, 15) is 0 Å². The molecule has 0 saturated carbocycles. The fourth-order valence-corrected chi connectivity index (χ4v) is 1.95. The SMILES string of the molecule is CCOc1c(N)nsc1SC. The van der Waals surface area contributed by atoms with Gasteiger partial charge in [0.25, 0.3) is 0 Å². The maximum atomic E-state index is 5.56. The second kappa shape index (κ2) is 3.82. The molecule has 0 saturated heterocycles. The van der Waals surface area contributed by atoms with Gasteiger partial charge in [0.1, 0.15) is 4.21 Å². The molecule has 1 rings (SSSR count). The first-order valence-corrected chi connectivity index (χ1v) is 5.21. The van der Waals surface area contributed by atoms with Crippen LogP contribution in [0.25, 0.3) is 0 Å². The van der Waals surface area contributed by atoms with Crippen molar-refractivity contribution in [3.8, 4) is 5.75 Å². The zero-order valence-corrected chi connectivity index (χ0v) is 8.09. The van der Waals surface area contributed by atoms with E-state index in [1.165, 1.54) is 11.5 Å². The maximum Gasteiger partial charge on any atom is 0.187 e. The second-order valence-corrected chi connectivity index (χ2v) is 3.67. The summed E-state index contributed by atoms with van der Waals surface area (Å²) in [6, 6.07) is 0. The van der Waals surface area contributed by atoms with Gasteiger partial charge in [-0.1, -0.05) is 0 Å². The summed E-state index contributed by atoms with van der Waals surface area (Å²) in [7, 11) is 0. The maximum absolute atomic E-state index is 5.56. The first-order valence-electron chi connectivity index (χ1n) is 3.21. The predicted molar refractivity (Wildman–Crippen MR) is 49.5 cm³/mol. The molecule has 1 aromatic rings. The summed E-state index contributed by atoms with van der Waals surface area (Å²) in [4.78, 5) is 0. The van der Waals surface area contributed by atoms with Crippen LogP contribution in [-0.2, 0) is 0 Å². The number of nitrogen functional groups attached to an aromatic ring is 1. The zero-order chi connectivity index (χ0) is 8.27. The number of anilines is 1. The first kappa shape index (κ1) is 8.67. The normalized spacial score (nSPS) is 10.0. The van der Waals surface area contributed by atoms with Crippen molar-refractivity contribution in [2.45, 2.75) is 11.1 Å². The third-order valence-electron chi connectivity index (χ3n) is 1.12. The number of aromatic nitrogens is 1. The molecule has 11 heavy (non-hydrogen) atoms. The third kappa shape index (κ3) is 1.78. The Morgan fingerprint density at radius 2 is 2.45 bits per heavy atom. The fraction of sp³-hybridized carbons (Fsp3) is 0.500. The van der Waals surface area contributed by atoms with E-state index >= 15 is 0 Å². The standard InChI is InChI=1S/C6H10N2OS2/c1-3-9-4-5(7)8-11-6(4)10-2/h3H2,1-2H3,(H2,7,8). The van der Waals surface area contributed by atoms with E-state index in [1.54, 1.807) is 11.8 Å². The Kier molecular flexibility index (Phi) is 3.02. The topological polar surface area (TPSA) is 48.1 Å². The Balaban J connectivity index is 2.88. The molecule has 0 amide bonds. The summed E-state index contributed by atoms with van der Waals surface area (Å²) < 4.78 is 10.3. The lowest BCUT2D eigenvalue weighted by atomic mass is 10.6. The van der Waals surface area contributed by atoms with Gasteiger partial charge in [0.05, 0.1) is 6.61 Å². The molecular weight excluding hydrogens is 180 g/mol. The van der Waals surface area contributed by atoms with Crippen molar-refractivity contribution >= 4 is 29.1 Å². The van der Waals surface area contributed by atoms with Gasteiger partial charge in [0.15, 0.2) is 11.6 Å². The van der Waals surface area contributed by atoms with E-state index in [2.05, 4.69) is 4.37 Å². The van der Waals surface area contributed by atoms with Gasteiger partial charge in [-0.25, -0.2) is 0 Å². The molecule has 0 spiro atoms. The molecule has 0 aromatic carbocycles. The summed E-state index contributed by atoms with van der Waals surface area (Å²) in [6.45, 7) is 2.57. The van der Waals surface area contributed by atoms with Crippen LogP contribution >= 0.6 is 23.3 Å². The van der Waals surface area contributed by atoms with Gasteiger partial charge in [-0.2, -0.15) is 4.37 Å². The summed E-state index contributed by atoms with van der Waals surface area (Å²) in [5.41, 5.74) is 5.56. The average molecular weight is 190 g/mol. The Bertz CT molecular complexity index is 236. The summed E-state index contributed by atoms with van der Waals surface area (Å²) in [6.07, 6.45) is 1.98. The lowest BCUT2D eigenvalue weighted by molar-refractivity contribution is 0.336. The third-order valence-corrected chi connectivity index (χ3v) is 3.04. The van der Waals surface area contributed by atoms with Crippen LogP contribution in [-0.4, -0.2) is 17.2 Å². The number of hydrogen-bond donors (Lipinski definition) is 1. The highest BCUT2D eigenvalue weighted by molar-refractivity contribution is 8.00. The number of nitrogens with zero attached hydrogens (tertiary/aromatic N) is 1. The fourth-order valence-electron chi connectivity index (χ4n) is 0.685. The molecule has 1 aromatic heterocycles. The van der Waals surface area contributed by atoms with Crippen LogP contribution in [0.15, 0.2) is 4.21 Å². The number of ether oxygens (including phenoxy) is 1. The van der Waals surface area contributed by atoms with Gasteiger partial charge >= 0.3 is 0 Å². The molecule has 1 heterocycles. The van der Waals surface area contributed by atoms with Crippen molar-refractivity contribution in [2.75, 3.05) is 18.6 Å². The van der Waals surface area contributed by atoms with Crippen LogP contribution in [0.1, 0.15) is 6.92 Å². The molecule has 0 fully saturated rings. The van der Waals surface area contributed by atoms with Crippen molar-refractivity contribution in [3.05, 3.63) is 0 Å². The number of hydrogen-bond acceptors (Lipinski definition) is 5. The Labute approximate surface area is 74.1 Å². The molecule has 0 aliphatic rings. The van der Waals surface area contributed by atoms with Gasteiger partial charge in [-0.15, -0.1) is 11.8 Å². The highest BCUT2D eigenvalue weighted by Gasteiger charge is 2.10. The lowest BCUT2D eigenvalue weighted by Gasteiger charge is -2.01. The molecule has 0 bridgehead atoms. The molecule has 5 heteroatoms. The smallest absolute Gasteiger partial charge is 0.187 e. The van der Waals surface area contributed by atoms with E-state index in [0.29, 0.717) is 12.4 Å². The van der Waals surface area contributed by atoms with E-state index in [0.717, 1.165) is 9.96 Å². The van der Waals surface area contributed by atoms with E-state index < -0.39 is 0 Å². The highest BCUT2D eigenvalue weighted by atomic mass is 32.2.